The first-order valence-electron chi connectivity index (χ1n) is 16.8. The summed E-state index contributed by atoms with van der Waals surface area (Å²) in [5.74, 6) is 0. The minimum Gasteiger partial charge on any atom is -0.403 e. The Hall–Kier alpha value is -3.63. The fourth-order valence-corrected chi connectivity index (χ4v) is 16.3. The van der Waals surface area contributed by atoms with Crippen molar-refractivity contribution in [1.29, 1.82) is 0 Å². The molecular formula is C42H50O4Si2. The Kier molecular flexibility index (Phi) is 11.1. The molecule has 0 aliphatic carbocycles. The largest absolute Gasteiger partial charge is 0.403 e. The van der Waals surface area contributed by atoms with Gasteiger partial charge in [0.05, 0.1) is 26.4 Å². The first kappa shape index (κ1) is 35.7. The van der Waals surface area contributed by atoms with Crippen LogP contribution in [0.5, 0.6) is 0 Å². The highest BCUT2D eigenvalue weighted by molar-refractivity contribution is 7.00. The molecule has 0 unspecified atom stereocenters. The highest BCUT2D eigenvalue weighted by Gasteiger charge is 2.51. The quantitative estimate of drug-likeness (QED) is 0.143. The third-order valence-electron chi connectivity index (χ3n) is 9.58. The summed E-state index contributed by atoms with van der Waals surface area (Å²) in [7, 11) is -5.69. The number of benzene rings is 5. The zero-order chi connectivity index (χ0) is 34.4. The Morgan fingerprint density at radius 3 is 0.875 bits per heavy atom. The highest BCUT2D eigenvalue weighted by Crippen LogP contribution is 2.39. The van der Waals surface area contributed by atoms with Crippen molar-refractivity contribution in [2.24, 2.45) is 0 Å². The van der Waals surface area contributed by atoms with Gasteiger partial charge in [-0.15, -0.1) is 0 Å². The van der Waals surface area contributed by atoms with Crippen LogP contribution in [-0.4, -0.2) is 26.8 Å². The van der Waals surface area contributed by atoms with Gasteiger partial charge in [0.1, 0.15) is 0 Å². The third-order valence-corrected chi connectivity index (χ3v) is 19.5. The molecule has 0 saturated heterocycles. The molecule has 0 fully saturated rings. The van der Waals surface area contributed by atoms with Gasteiger partial charge in [0.25, 0.3) is 16.6 Å². The monoisotopic (exact) mass is 674 g/mol. The van der Waals surface area contributed by atoms with E-state index in [1.54, 1.807) is 0 Å². The molecule has 0 bridgehead atoms. The van der Waals surface area contributed by atoms with E-state index in [1.807, 2.05) is 12.1 Å². The maximum absolute atomic E-state index is 10.4. The summed E-state index contributed by atoms with van der Waals surface area (Å²) in [5, 5.41) is 25.2. The summed E-state index contributed by atoms with van der Waals surface area (Å²) in [5.41, 5.74) is 3.32. The second-order valence-corrected chi connectivity index (χ2v) is 23.2. The van der Waals surface area contributed by atoms with E-state index in [-0.39, 0.29) is 23.3 Å². The standard InChI is InChI=1S/C42H50O4Si2/c1-41(2,3)47(37-19-11-7-12-20-37,38-21-13-8-14-22-38)45-31-35-27-33(29-43)34(30-44)28-36(35)32-46-48(42(4,5)6,39-23-15-9-16-24-39)40-25-17-10-18-26-40/h7-28,43-44H,29-32H2,1-6H3. The van der Waals surface area contributed by atoms with Gasteiger partial charge in [0.2, 0.25) is 0 Å². The van der Waals surface area contributed by atoms with Crippen LogP contribution in [0.25, 0.3) is 0 Å². The molecule has 5 aromatic rings. The Bertz CT molecular complexity index is 1540. The smallest absolute Gasteiger partial charge is 0.261 e. The third kappa shape index (κ3) is 6.92. The predicted molar refractivity (Wildman–Crippen MR) is 203 cm³/mol. The van der Waals surface area contributed by atoms with Crippen LogP contribution in [0, 0.1) is 0 Å². The van der Waals surface area contributed by atoms with Crippen LogP contribution in [-0.2, 0) is 35.3 Å². The van der Waals surface area contributed by atoms with E-state index in [0.717, 1.165) is 11.1 Å². The van der Waals surface area contributed by atoms with E-state index >= 15 is 0 Å². The van der Waals surface area contributed by atoms with Crippen molar-refractivity contribution in [2.75, 3.05) is 0 Å². The Morgan fingerprint density at radius 2 is 0.667 bits per heavy atom. The number of aliphatic hydroxyl groups excluding tert-OH is 2. The fraction of sp³-hybridized carbons (Fsp3) is 0.286. The van der Waals surface area contributed by atoms with Crippen LogP contribution < -0.4 is 20.7 Å². The summed E-state index contributed by atoms with van der Waals surface area (Å²) in [6, 6.07) is 46.6. The van der Waals surface area contributed by atoms with Gasteiger partial charge in [-0.25, -0.2) is 0 Å². The van der Waals surface area contributed by atoms with Crippen molar-refractivity contribution in [3.8, 4) is 0 Å². The molecule has 0 radical (unpaired) electrons. The second-order valence-electron chi connectivity index (χ2n) is 14.6. The molecule has 0 saturated carbocycles. The zero-order valence-corrected chi connectivity index (χ0v) is 31.2. The van der Waals surface area contributed by atoms with Crippen LogP contribution in [0.3, 0.4) is 0 Å². The predicted octanol–water partition coefficient (Wildman–Crippen LogP) is 6.82. The molecule has 2 N–H and O–H groups in total. The molecule has 5 rings (SSSR count). The summed E-state index contributed by atoms with van der Waals surface area (Å²) < 4.78 is 14.8. The molecule has 0 aliphatic rings. The van der Waals surface area contributed by atoms with Crippen LogP contribution in [0.15, 0.2) is 133 Å². The van der Waals surface area contributed by atoms with Crippen molar-refractivity contribution in [3.05, 3.63) is 156 Å². The Morgan fingerprint density at radius 1 is 0.417 bits per heavy atom. The molecule has 0 aliphatic heterocycles. The van der Waals surface area contributed by atoms with E-state index in [9.17, 15) is 10.2 Å². The van der Waals surface area contributed by atoms with E-state index < -0.39 is 16.6 Å². The topological polar surface area (TPSA) is 58.9 Å². The van der Waals surface area contributed by atoms with Gasteiger partial charge in [-0.1, -0.05) is 175 Å². The van der Waals surface area contributed by atoms with Gasteiger partial charge < -0.3 is 19.1 Å². The molecule has 48 heavy (non-hydrogen) atoms. The first-order valence-corrected chi connectivity index (χ1v) is 20.6. The van der Waals surface area contributed by atoms with E-state index in [4.69, 9.17) is 8.85 Å². The van der Waals surface area contributed by atoms with E-state index in [1.165, 1.54) is 20.7 Å². The lowest BCUT2D eigenvalue weighted by Crippen LogP contribution is -2.66. The SMILES string of the molecule is CC(C)(C)[Si](OCc1cc(CO)c(CO)cc1CO[Si](c1ccccc1)(c1ccccc1)C(C)(C)C)(c1ccccc1)c1ccccc1. The maximum atomic E-state index is 10.4. The molecule has 250 valence electrons. The maximum Gasteiger partial charge on any atom is 0.261 e. The molecule has 0 aromatic heterocycles. The molecule has 5 aromatic carbocycles. The first-order chi connectivity index (χ1) is 23.0. The Labute approximate surface area is 289 Å². The normalized spacial score (nSPS) is 12.7. The minimum atomic E-state index is -2.84. The molecular weight excluding hydrogens is 625 g/mol. The van der Waals surface area contributed by atoms with Crippen molar-refractivity contribution in [2.45, 2.75) is 78.0 Å². The zero-order valence-electron chi connectivity index (χ0n) is 29.2. The van der Waals surface area contributed by atoms with Crippen molar-refractivity contribution in [3.63, 3.8) is 0 Å². The summed E-state index contributed by atoms with van der Waals surface area (Å²) in [4.78, 5) is 0. The number of aliphatic hydroxyl groups is 2. The van der Waals surface area contributed by atoms with E-state index in [2.05, 4.69) is 163 Å². The minimum absolute atomic E-state index is 0.169. The van der Waals surface area contributed by atoms with Crippen LogP contribution >= 0.6 is 0 Å². The van der Waals surface area contributed by atoms with Gasteiger partial charge >= 0.3 is 0 Å². The molecule has 0 heterocycles. The lowest BCUT2D eigenvalue weighted by Gasteiger charge is -2.44. The molecule has 0 atom stereocenters. The number of hydrogen-bond donors (Lipinski definition) is 2. The van der Waals surface area contributed by atoms with Gasteiger partial charge in [-0.3, -0.25) is 0 Å². The van der Waals surface area contributed by atoms with Crippen LogP contribution in [0.2, 0.25) is 10.1 Å². The van der Waals surface area contributed by atoms with Gasteiger partial charge in [0.15, 0.2) is 0 Å². The van der Waals surface area contributed by atoms with Crippen molar-refractivity contribution < 1.29 is 19.1 Å². The number of rotatable bonds is 12. The van der Waals surface area contributed by atoms with Crippen LogP contribution in [0.4, 0.5) is 0 Å². The fourth-order valence-electron chi connectivity index (χ4n) is 7.25. The van der Waals surface area contributed by atoms with Gasteiger partial charge in [-0.2, -0.15) is 0 Å². The molecule has 4 nitrogen and oxygen atoms in total. The summed E-state index contributed by atoms with van der Waals surface area (Å²) >= 11 is 0. The molecule has 6 heteroatoms. The van der Waals surface area contributed by atoms with Gasteiger partial charge in [-0.05, 0) is 53.1 Å². The highest BCUT2D eigenvalue weighted by atomic mass is 28.4. The molecule has 0 spiro atoms. The average molecular weight is 675 g/mol. The average Bonchev–Trinajstić information content (AvgIpc) is 3.09. The van der Waals surface area contributed by atoms with Gasteiger partial charge in [0, 0.05) is 0 Å². The Balaban J connectivity index is 1.63. The molecule has 0 amide bonds. The summed E-state index contributed by atoms with van der Waals surface area (Å²) in [6.07, 6.45) is 0. The lowest BCUT2D eigenvalue weighted by atomic mass is 9.99. The van der Waals surface area contributed by atoms with Crippen molar-refractivity contribution in [1.82, 2.24) is 0 Å². The summed E-state index contributed by atoms with van der Waals surface area (Å²) in [6.45, 7) is 14.0. The number of hydrogen-bond acceptors (Lipinski definition) is 4. The lowest BCUT2D eigenvalue weighted by molar-refractivity contribution is 0.253. The van der Waals surface area contributed by atoms with Crippen molar-refractivity contribution >= 4 is 37.4 Å². The second kappa shape index (κ2) is 14.9. The van der Waals surface area contributed by atoms with Crippen LogP contribution in [0.1, 0.15) is 63.8 Å². The van der Waals surface area contributed by atoms with E-state index in [0.29, 0.717) is 24.3 Å².